The third-order valence-corrected chi connectivity index (χ3v) is 5.51. The number of ether oxygens (including phenoxy) is 1. The average Bonchev–Trinajstić information content (AvgIpc) is 2.93. The smallest absolute Gasteiger partial charge is 0.409 e. The lowest BCUT2D eigenvalue weighted by Gasteiger charge is -2.29. The molecular formula is C24H30N2O4. The maximum Gasteiger partial charge on any atom is 0.409 e. The van der Waals surface area contributed by atoms with E-state index in [0.29, 0.717) is 19.7 Å². The van der Waals surface area contributed by atoms with Gasteiger partial charge in [0.05, 0.1) is 12.3 Å². The summed E-state index contributed by atoms with van der Waals surface area (Å²) in [5.74, 6) is -0.223. The van der Waals surface area contributed by atoms with Crippen LogP contribution in [-0.2, 0) is 17.6 Å². The summed E-state index contributed by atoms with van der Waals surface area (Å²) in [6.45, 7) is 7.37. The molecule has 4 rings (SSSR count). The number of aromatic hydroxyl groups is 2. The number of carbonyl (C=O) groups is 1. The van der Waals surface area contributed by atoms with Crippen LogP contribution >= 0.6 is 0 Å². The Kier molecular flexibility index (Phi) is 6.98. The molecule has 1 amide bonds. The van der Waals surface area contributed by atoms with E-state index in [1.165, 1.54) is 5.57 Å². The van der Waals surface area contributed by atoms with Crippen LogP contribution in [0.4, 0.5) is 4.79 Å². The third kappa shape index (κ3) is 4.27. The molecule has 2 aromatic rings. The highest BCUT2D eigenvalue weighted by atomic mass is 16.6. The zero-order valence-electron chi connectivity index (χ0n) is 17.9. The maximum atomic E-state index is 12.0. The largest absolute Gasteiger partial charge is 0.504 e. The summed E-state index contributed by atoms with van der Waals surface area (Å²) < 4.78 is 5.12. The van der Waals surface area contributed by atoms with Gasteiger partial charge in [-0.05, 0) is 67.5 Å². The van der Waals surface area contributed by atoms with Crippen LogP contribution in [-0.4, -0.2) is 45.9 Å². The van der Waals surface area contributed by atoms with Gasteiger partial charge >= 0.3 is 6.09 Å². The summed E-state index contributed by atoms with van der Waals surface area (Å²) >= 11 is 0. The molecule has 6 nitrogen and oxygen atoms in total. The highest BCUT2D eigenvalue weighted by Gasteiger charge is 2.27. The molecule has 1 aromatic carbocycles. The lowest BCUT2D eigenvalue weighted by Crippen LogP contribution is -2.37. The number of benzene rings is 1. The summed E-state index contributed by atoms with van der Waals surface area (Å²) in [5, 5.41) is 20.1. The highest BCUT2D eigenvalue weighted by molar-refractivity contribution is 5.85. The molecule has 1 aliphatic heterocycles. The second-order valence-electron chi connectivity index (χ2n) is 7.17. The quantitative estimate of drug-likeness (QED) is 0.668. The predicted molar refractivity (Wildman–Crippen MR) is 117 cm³/mol. The summed E-state index contributed by atoms with van der Waals surface area (Å²) in [6.07, 6.45) is 4.57. The topological polar surface area (TPSA) is 82.9 Å². The zero-order valence-corrected chi connectivity index (χ0v) is 17.9. The first-order valence-corrected chi connectivity index (χ1v) is 10.7. The highest BCUT2D eigenvalue weighted by Crippen LogP contribution is 2.41. The molecule has 160 valence electrons. The summed E-state index contributed by atoms with van der Waals surface area (Å²) in [7, 11) is 0. The Morgan fingerprint density at radius 2 is 1.73 bits per heavy atom. The van der Waals surface area contributed by atoms with Gasteiger partial charge in [0.25, 0.3) is 0 Å². The predicted octanol–water partition coefficient (Wildman–Crippen LogP) is 4.67. The molecule has 0 unspecified atom stereocenters. The molecule has 1 aromatic heterocycles. The fraction of sp³-hybridized carbons (Fsp3) is 0.417. The van der Waals surface area contributed by atoms with E-state index in [2.05, 4.69) is 11.1 Å². The number of hydrogen-bond acceptors (Lipinski definition) is 5. The number of hydrogen-bond donors (Lipinski definition) is 2. The summed E-state index contributed by atoms with van der Waals surface area (Å²) in [4.78, 5) is 18.4. The van der Waals surface area contributed by atoms with E-state index in [9.17, 15) is 15.0 Å². The number of carbonyl (C=O) groups excluding carboxylic acids is 1. The van der Waals surface area contributed by atoms with Gasteiger partial charge in [-0.2, -0.15) is 0 Å². The number of pyridine rings is 1. The first kappa shape index (κ1) is 21.7. The molecule has 6 heteroatoms. The van der Waals surface area contributed by atoms with Crippen LogP contribution in [0, 0.1) is 0 Å². The fourth-order valence-electron chi connectivity index (χ4n) is 4.10. The normalized spacial score (nSPS) is 15.4. The second-order valence-corrected chi connectivity index (χ2v) is 7.17. The van der Waals surface area contributed by atoms with Crippen molar-refractivity contribution in [3.05, 3.63) is 58.4 Å². The van der Waals surface area contributed by atoms with E-state index in [4.69, 9.17) is 4.74 Å². The van der Waals surface area contributed by atoms with E-state index in [1.807, 2.05) is 26.8 Å². The Morgan fingerprint density at radius 1 is 1.07 bits per heavy atom. The molecule has 1 aliphatic carbocycles. The van der Waals surface area contributed by atoms with Crippen molar-refractivity contribution in [1.82, 2.24) is 9.88 Å². The molecule has 1 saturated heterocycles. The standard InChI is InChI=1S/C22H24N2O4.C2H6/c1-2-28-22(27)24-10-7-14(8-11-24)20-17-13-19(26)18(25)12-16(17)6-5-15-4-3-9-23-21(15)20;1-2/h3-4,9,12-13,25-26H,2,5-8,10-11H2,1H3;1-2H3. The van der Waals surface area contributed by atoms with Crippen LogP contribution in [0.1, 0.15) is 56.0 Å². The van der Waals surface area contributed by atoms with Gasteiger partial charge in [0.2, 0.25) is 0 Å². The van der Waals surface area contributed by atoms with Crippen molar-refractivity contribution in [2.24, 2.45) is 0 Å². The molecular weight excluding hydrogens is 380 g/mol. The average molecular weight is 411 g/mol. The first-order chi connectivity index (χ1) is 14.6. The molecule has 1 fully saturated rings. The lowest BCUT2D eigenvalue weighted by molar-refractivity contribution is 0.104. The zero-order chi connectivity index (χ0) is 21.7. The van der Waals surface area contributed by atoms with E-state index >= 15 is 0 Å². The van der Waals surface area contributed by atoms with Crippen LogP contribution in [0.25, 0.3) is 5.57 Å². The number of amides is 1. The number of nitrogens with zero attached hydrogens (tertiary/aromatic N) is 2. The number of piperidine rings is 1. The molecule has 0 saturated carbocycles. The van der Waals surface area contributed by atoms with Crippen LogP contribution in [0.3, 0.4) is 0 Å². The Labute approximate surface area is 177 Å². The minimum absolute atomic E-state index is 0.0980. The molecule has 2 N–H and O–H groups in total. The number of phenolic OH excluding ortho intramolecular Hbond substituents is 2. The van der Waals surface area contributed by atoms with Gasteiger partial charge < -0.3 is 19.8 Å². The van der Waals surface area contributed by atoms with Gasteiger partial charge in [-0.3, -0.25) is 4.98 Å². The number of phenols is 2. The van der Waals surface area contributed by atoms with Gasteiger partial charge in [-0.15, -0.1) is 0 Å². The minimum Gasteiger partial charge on any atom is -0.504 e. The molecule has 30 heavy (non-hydrogen) atoms. The van der Waals surface area contributed by atoms with Crippen LogP contribution in [0.2, 0.25) is 0 Å². The van der Waals surface area contributed by atoms with Crippen LogP contribution < -0.4 is 0 Å². The first-order valence-electron chi connectivity index (χ1n) is 10.7. The number of fused-ring (bicyclic) bond motifs is 2. The van der Waals surface area contributed by atoms with Crippen LogP contribution in [0.15, 0.2) is 36.0 Å². The minimum atomic E-state index is -0.270. The molecule has 0 atom stereocenters. The van der Waals surface area contributed by atoms with E-state index in [1.54, 1.807) is 23.2 Å². The third-order valence-electron chi connectivity index (χ3n) is 5.51. The molecule has 0 radical (unpaired) electrons. The van der Waals surface area contributed by atoms with E-state index in [-0.39, 0.29) is 17.6 Å². The van der Waals surface area contributed by atoms with Crippen molar-refractivity contribution >= 4 is 11.7 Å². The Hall–Kier alpha value is -3.02. The van der Waals surface area contributed by atoms with Gasteiger partial charge in [-0.25, -0.2) is 4.79 Å². The van der Waals surface area contributed by atoms with Crippen molar-refractivity contribution in [3.8, 4) is 11.5 Å². The number of rotatable bonds is 1. The van der Waals surface area contributed by atoms with Crippen molar-refractivity contribution < 1.29 is 19.7 Å². The Balaban J connectivity index is 0.00000124. The molecule has 2 heterocycles. The lowest BCUT2D eigenvalue weighted by atomic mass is 9.88. The van der Waals surface area contributed by atoms with E-state index < -0.39 is 0 Å². The van der Waals surface area contributed by atoms with Crippen molar-refractivity contribution in [3.63, 3.8) is 0 Å². The van der Waals surface area contributed by atoms with Crippen molar-refractivity contribution in [1.29, 1.82) is 0 Å². The van der Waals surface area contributed by atoms with Gasteiger partial charge in [0.1, 0.15) is 0 Å². The van der Waals surface area contributed by atoms with Gasteiger partial charge in [0.15, 0.2) is 11.5 Å². The number of aromatic nitrogens is 1. The molecule has 2 aliphatic rings. The molecule has 0 bridgehead atoms. The van der Waals surface area contributed by atoms with Crippen molar-refractivity contribution in [2.45, 2.75) is 46.5 Å². The Bertz CT molecular complexity index is 942. The fourth-order valence-corrected chi connectivity index (χ4v) is 4.10. The second kappa shape index (κ2) is 9.65. The summed E-state index contributed by atoms with van der Waals surface area (Å²) in [5.41, 5.74) is 6.27. The SMILES string of the molecule is CC.CCOC(=O)N1CCC(=C2c3cc(O)c(O)cc3CCc3cccnc32)CC1. The van der Waals surface area contributed by atoms with E-state index in [0.717, 1.165) is 53.6 Å². The number of likely N-dealkylation sites (tertiary alicyclic amines) is 1. The van der Waals surface area contributed by atoms with Gasteiger partial charge in [-0.1, -0.05) is 25.5 Å². The monoisotopic (exact) mass is 410 g/mol. The summed E-state index contributed by atoms with van der Waals surface area (Å²) in [6, 6.07) is 7.33. The van der Waals surface area contributed by atoms with Crippen molar-refractivity contribution in [2.75, 3.05) is 19.7 Å². The van der Waals surface area contributed by atoms with Crippen LogP contribution in [0.5, 0.6) is 11.5 Å². The number of aryl methyl sites for hydroxylation is 2. The Morgan fingerprint density at radius 3 is 2.43 bits per heavy atom. The van der Waals surface area contributed by atoms with Gasteiger partial charge in [0, 0.05) is 24.9 Å². The molecule has 0 spiro atoms. The maximum absolute atomic E-state index is 12.0.